The summed E-state index contributed by atoms with van der Waals surface area (Å²) >= 11 is 0. The number of anilines is 6. The molecule has 0 radical (unpaired) electrons. The first-order valence-corrected chi connectivity index (χ1v) is 33.0. The molecule has 2 fully saturated rings. The molecular formula is C85H78N2O2. The summed E-state index contributed by atoms with van der Waals surface area (Å²) in [6, 6.07) is 87.6. The zero-order valence-electron chi connectivity index (χ0n) is 52.4. The van der Waals surface area contributed by atoms with Crippen molar-refractivity contribution in [3.8, 4) is 11.1 Å². The van der Waals surface area contributed by atoms with Crippen LogP contribution in [0.15, 0.2) is 239 Å². The predicted molar refractivity (Wildman–Crippen MR) is 374 cm³/mol. The van der Waals surface area contributed by atoms with Gasteiger partial charge >= 0.3 is 0 Å². The topological polar surface area (TPSA) is 32.8 Å². The van der Waals surface area contributed by atoms with Gasteiger partial charge in [0.1, 0.15) is 11.2 Å². The lowest BCUT2D eigenvalue weighted by molar-refractivity contribution is 0.442. The third-order valence-electron chi connectivity index (χ3n) is 20.6. The molecular weight excluding hydrogens is 1080 g/mol. The van der Waals surface area contributed by atoms with Crippen LogP contribution in [-0.2, 0) is 16.2 Å². The standard InChI is InChI=1S/C85H78N2O2/c1-83(2,3)57-43-47-61(48-44-57)86(75-41-23-39-70-68-37-21-35-64(79(68)88-81(70)75)55-25-11-7-12-26-55)63-51-52-72-73(53-63)85(59-29-15-9-16-30-59,60-31-17-10-18-32-60)74-54-77(66-33-19-20-34-67(66)78(72)74)87(62-49-45-58(46-50-62)84(4,5)6)76-42-24-40-71-69-38-22-36-65(80(69)89-82(71)76)56-27-13-8-14-28-56/h9-10,15-24,29-56H,7-8,11-14,25-28H2,1-6H3. The highest BCUT2D eigenvalue weighted by Gasteiger charge is 2.48. The zero-order valence-corrected chi connectivity index (χ0v) is 52.4. The van der Waals surface area contributed by atoms with Crippen LogP contribution in [0.4, 0.5) is 34.1 Å². The SMILES string of the molecule is CC(C)(C)c1ccc(N(c2ccc3c(c2)C(c2ccccc2)(c2ccccc2)c2cc(N(c4ccc(C(C)(C)C)cc4)c4cccc5c4oc4c(C6CCCCC6)cccc45)c4ccccc4c2-3)c2cccc3c2oc2c(C4CCCCC4)cccc23)cc1. The van der Waals surface area contributed by atoms with Crippen LogP contribution in [0.2, 0.25) is 0 Å². The van der Waals surface area contributed by atoms with E-state index in [0.29, 0.717) is 11.8 Å². The van der Waals surface area contributed by atoms with Crippen molar-refractivity contribution < 1.29 is 8.83 Å². The molecule has 0 unspecified atom stereocenters. The molecule has 2 aromatic heterocycles. The van der Waals surface area contributed by atoms with E-state index in [-0.39, 0.29) is 10.8 Å². The Bertz CT molecular complexity index is 4770. The second kappa shape index (κ2) is 21.6. The van der Waals surface area contributed by atoms with Gasteiger partial charge in [0.05, 0.1) is 22.5 Å². The van der Waals surface area contributed by atoms with Crippen LogP contribution >= 0.6 is 0 Å². The number of rotatable bonds is 10. The van der Waals surface area contributed by atoms with E-state index in [4.69, 9.17) is 8.83 Å². The van der Waals surface area contributed by atoms with Crippen molar-refractivity contribution >= 4 is 88.8 Å². The molecule has 2 heterocycles. The summed E-state index contributed by atoms with van der Waals surface area (Å²) in [7, 11) is 0. The highest BCUT2D eigenvalue weighted by molar-refractivity contribution is 6.16. The average Bonchev–Trinajstić information content (AvgIpc) is 1.57. The fourth-order valence-corrected chi connectivity index (χ4v) is 16.2. The third kappa shape index (κ3) is 9.06. The van der Waals surface area contributed by atoms with Crippen molar-refractivity contribution in [2.45, 2.75) is 134 Å². The molecule has 440 valence electrons. The molecule has 16 rings (SSSR count). The lowest BCUT2D eigenvalue weighted by Gasteiger charge is -2.36. The monoisotopic (exact) mass is 1160 g/mol. The summed E-state index contributed by atoms with van der Waals surface area (Å²) in [6.07, 6.45) is 12.5. The molecule has 13 aromatic rings. The summed E-state index contributed by atoms with van der Waals surface area (Å²) in [4.78, 5) is 4.99. The Morgan fingerprint density at radius 3 is 1.25 bits per heavy atom. The van der Waals surface area contributed by atoms with Crippen molar-refractivity contribution in [1.29, 1.82) is 0 Å². The van der Waals surface area contributed by atoms with E-state index >= 15 is 0 Å². The second-order valence-electron chi connectivity index (χ2n) is 28.0. The van der Waals surface area contributed by atoms with E-state index in [1.807, 2.05) is 0 Å². The molecule has 0 N–H and O–H groups in total. The number of hydrogen-bond acceptors (Lipinski definition) is 4. The second-order valence-corrected chi connectivity index (χ2v) is 28.0. The lowest BCUT2D eigenvalue weighted by atomic mass is 9.67. The van der Waals surface area contributed by atoms with Crippen molar-refractivity contribution in [2.75, 3.05) is 9.80 Å². The summed E-state index contributed by atoms with van der Waals surface area (Å²) < 4.78 is 14.9. The Labute approximate surface area is 524 Å². The fourth-order valence-electron chi connectivity index (χ4n) is 16.2. The normalized spacial score (nSPS) is 15.5. The third-order valence-corrected chi connectivity index (χ3v) is 20.6. The van der Waals surface area contributed by atoms with Crippen molar-refractivity contribution in [1.82, 2.24) is 0 Å². The van der Waals surface area contributed by atoms with Crippen molar-refractivity contribution in [3.05, 3.63) is 275 Å². The van der Waals surface area contributed by atoms with Gasteiger partial charge < -0.3 is 18.6 Å². The first kappa shape index (κ1) is 55.2. The molecule has 2 saturated carbocycles. The highest BCUT2D eigenvalue weighted by Crippen LogP contribution is 2.61. The van der Waals surface area contributed by atoms with Crippen LogP contribution in [0.3, 0.4) is 0 Å². The van der Waals surface area contributed by atoms with E-state index in [9.17, 15) is 0 Å². The maximum atomic E-state index is 7.46. The maximum Gasteiger partial charge on any atom is 0.159 e. The number of fused-ring (bicyclic) bond motifs is 11. The van der Waals surface area contributed by atoms with Gasteiger partial charge in [-0.3, -0.25) is 0 Å². The van der Waals surface area contributed by atoms with E-state index in [2.05, 4.69) is 282 Å². The molecule has 0 spiro atoms. The summed E-state index contributed by atoms with van der Waals surface area (Å²) in [6.45, 7) is 13.8. The molecule has 0 amide bonds. The van der Waals surface area contributed by atoms with Crippen LogP contribution < -0.4 is 9.80 Å². The first-order valence-electron chi connectivity index (χ1n) is 33.0. The van der Waals surface area contributed by atoms with Gasteiger partial charge in [0.2, 0.25) is 0 Å². The number of furan rings is 2. The lowest BCUT2D eigenvalue weighted by Crippen LogP contribution is -2.29. The number of benzene rings is 11. The molecule has 0 saturated heterocycles. The predicted octanol–water partition coefficient (Wildman–Crippen LogP) is 24.6. The Balaban J connectivity index is 0.969. The van der Waals surface area contributed by atoms with Crippen LogP contribution in [0, 0.1) is 0 Å². The van der Waals surface area contributed by atoms with Gasteiger partial charge in [-0.15, -0.1) is 0 Å². The molecule has 0 bridgehead atoms. The quantitative estimate of drug-likeness (QED) is 0.137. The van der Waals surface area contributed by atoms with Crippen molar-refractivity contribution in [2.24, 2.45) is 0 Å². The molecule has 0 aliphatic heterocycles. The van der Waals surface area contributed by atoms with Gasteiger partial charge in [-0.05, 0) is 164 Å². The van der Waals surface area contributed by atoms with Crippen LogP contribution in [0.5, 0.6) is 0 Å². The minimum atomic E-state index is -0.786. The summed E-state index contributed by atoms with van der Waals surface area (Å²) in [5.74, 6) is 0.986. The smallest absolute Gasteiger partial charge is 0.159 e. The molecule has 4 nitrogen and oxygen atoms in total. The largest absolute Gasteiger partial charge is 0.454 e. The van der Waals surface area contributed by atoms with E-state index in [1.54, 1.807) is 0 Å². The van der Waals surface area contributed by atoms with Gasteiger partial charge in [-0.2, -0.15) is 0 Å². The van der Waals surface area contributed by atoms with E-state index in [0.717, 1.165) is 67.2 Å². The van der Waals surface area contributed by atoms with E-state index in [1.165, 1.54) is 141 Å². The number of para-hydroxylation sites is 4. The fraction of sp³-hybridized carbons (Fsp3) is 0.247. The molecule has 3 aliphatic carbocycles. The van der Waals surface area contributed by atoms with Gasteiger partial charge in [-0.1, -0.05) is 256 Å². The Morgan fingerprint density at radius 2 is 0.753 bits per heavy atom. The maximum absolute atomic E-state index is 7.46. The minimum Gasteiger partial charge on any atom is -0.454 e. The molecule has 0 atom stereocenters. The zero-order chi connectivity index (χ0) is 60.2. The van der Waals surface area contributed by atoms with Crippen LogP contribution in [-0.4, -0.2) is 0 Å². The van der Waals surface area contributed by atoms with Crippen LogP contribution in [0.25, 0.3) is 65.8 Å². The van der Waals surface area contributed by atoms with Gasteiger partial charge in [0.25, 0.3) is 0 Å². The number of hydrogen-bond donors (Lipinski definition) is 0. The van der Waals surface area contributed by atoms with Gasteiger partial charge in [0, 0.05) is 44.0 Å². The molecule has 4 heteroatoms. The minimum absolute atomic E-state index is 0.0222. The first-order chi connectivity index (χ1) is 43.4. The average molecular weight is 1160 g/mol. The molecule has 89 heavy (non-hydrogen) atoms. The Kier molecular flexibility index (Phi) is 13.4. The van der Waals surface area contributed by atoms with Crippen LogP contribution in [0.1, 0.15) is 162 Å². The highest BCUT2D eigenvalue weighted by atomic mass is 16.3. The Hall–Kier alpha value is -9.12. The Morgan fingerprint density at radius 1 is 0.337 bits per heavy atom. The summed E-state index contributed by atoms with van der Waals surface area (Å²) in [5.41, 5.74) is 22.0. The van der Waals surface area contributed by atoms with Gasteiger partial charge in [0.15, 0.2) is 11.2 Å². The van der Waals surface area contributed by atoms with E-state index < -0.39 is 5.41 Å². The van der Waals surface area contributed by atoms with Gasteiger partial charge in [-0.25, -0.2) is 0 Å². The van der Waals surface area contributed by atoms with Crippen molar-refractivity contribution in [3.63, 3.8) is 0 Å². The molecule has 3 aliphatic rings. The summed E-state index contributed by atoms with van der Waals surface area (Å²) in [5, 5.41) is 7.02. The molecule has 11 aromatic carbocycles. The number of nitrogens with zero attached hydrogens (tertiary/aromatic N) is 2.